The van der Waals surface area contributed by atoms with Crippen molar-refractivity contribution in [1.29, 1.82) is 0 Å². The Hall–Kier alpha value is -1.82. The first-order valence-corrected chi connectivity index (χ1v) is 7.18. The van der Waals surface area contributed by atoms with Crippen LogP contribution in [0, 0.1) is 0 Å². The van der Waals surface area contributed by atoms with Gasteiger partial charge in [0.25, 0.3) is 5.91 Å². The summed E-state index contributed by atoms with van der Waals surface area (Å²) in [4.78, 5) is 11.7. The second-order valence-corrected chi connectivity index (χ2v) is 5.14. The normalized spacial score (nSPS) is 10.3. The summed E-state index contributed by atoms with van der Waals surface area (Å²) in [5, 5.41) is 6.95. The van der Waals surface area contributed by atoms with Gasteiger partial charge in [0.15, 0.2) is 6.73 Å². The molecular weight excluding hydrogens is 322 g/mol. The van der Waals surface area contributed by atoms with E-state index < -0.39 is 0 Å². The molecule has 0 aliphatic carbocycles. The third-order valence-corrected chi connectivity index (χ3v) is 3.11. The molecule has 6 heteroatoms. The minimum absolute atomic E-state index is 0.158. The molecule has 0 spiro atoms. The third-order valence-electron chi connectivity index (χ3n) is 2.59. The maximum atomic E-state index is 11.7. The van der Waals surface area contributed by atoms with Crippen molar-refractivity contribution in [3.05, 3.63) is 46.7 Å². The van der Waals surface area contributed by atoms with Crippen LogP contribution in [0.4, 0.5) is 0 Å². The molecule has 0 saturated heterocycles. The number of halogens is 1. The fraction of sp³-hybridized carbons (Fsp3) is 0.286. The predicted octanol–water partition coefficient (Wildman–Crippen LogP) is 2.82. The molecule has 0 saturated carbocycles. The van der Waals surface area contributed by atoms with E-state index in [-0.39, 0.29) is 12.6 Å². The molecule has 2 rings (SSSR count). The maximum Gasteiger partial charge on any atom is 0.271 e. The van der Waals surface area contributed by atoms with Crippen LogP contribution in [0.2, 0.25) is 0 Å². The van der Waals surface area contributed by atoms with Crippen molar-refractivity contribution in [1.82, 2.24) is 15.1 Å². The first kappa shape index (κ1) is 14.6. The lowest BCUT2D eigenvalue weighted by atomic mass is 10.3. The van der Waals surface area contributed by atoms with E-state index >= 15 is 0 Å². The van der Waals surface area contributed by atoms with Gasteiger partial charge in [0.2, 0.25) is 0 Å². The van der Waals surface area contributed by atoms with E-state index in [0.29, 0.717) is 12.2 Å². The molecule has 1 heterocycles. The van der Waals surface area contributed by atoms with Crippen LogP contribution in [0.3, 0.4) is 0 Å². The zero-order valence-electron chi connectivity index (χ0n) is 11.2. The molecule has 0 fully saturated rings. The summed E-state index contributed by atoms with van der Waals surface area (Å²) < 4.78 is 8.15. The summed E-state index contributed by atoms with van der Waals surface area (Å²) in [6.45, 7) is 2.93. The van der Waals surface area contributed by atoms with Crippen LogP contribution in [-0.2, 0) is 6.73 Å². The summed E-state index contributed by atoms with van der Waals surface area (Å²) >= 11 is 3.36. The molecule has 5 nitrogen and oxygen atoms in total. The Balaban J connectivity index is 1.89. The Labute approximate surface area is 126 Å². The van der Waals surface area contributed by atoms with E-state index in [1.807, 2.05) is 31.2 Å². The van der Waals surface area contributed by atoms with Crippen LogP contribution in [-0.4, -0.2) is 22.2 Å². The SMILES string of the molecule is CCCNC(=O)c1ccn(COc2ccc(Br)cc2)n1. The minimum atomic E-state index is -0.158. The molecule has 1 aromatic heterocycles. The molecule has 0 bridgehead atoms. The van der Waals surface area contributed by atoms with Gasteiger partial charge in [-0.2, -0.15) is 5.10 Å². The van der Waals surface area contributed by atoms with Crippen LogP contribution in [0.15, 0.2) is 41.0 Å². The molecule has 20 heavy (non-hydrogen) atoms. The topological polar surface area (TPSA) is 56.2 Å². The van der Waals surface area contributed by atoms with E-state index in [2.05, 4.69) is 26.3 Å². The van der Waals surface area contributed by atoms with Crippen molar-refractivity contribution < 1.29 is 9.53 Å². The fourth-order valence-corrected chi connectivity index (χ4v) is 1.82. The Bertz CT molecular complexity index is 566. The average molecular weight is 338 g/mol. The van der Waals surface area contributed by atoms with Crippen molar-refractivity contribution in [3.63, 3.8) is 0 Å². The summed E-state index contributed by atoms with van der Waals surface area (Å²) in [6, 6.07) is 9.21. The number of rotatable bonds is 6. The zero-order chi connectivity index (χ0) is 14.4. The Morgan fingerprint density at radius 2 is 2.10 bits per heavy atom. The van der Waals surface area contributed by atoms with Gasteiger partial charge in [0.1, 0.15) is 11.4 Å². The van der Waals surface area contributed by atoms with Gasteiger partial charge >= 0.3 is 0 Å². The first-order chi connectivity index (χ1) is 9.69. The number of hydrogen-bond acceptors (Lipinski definition) is 3. The lowest BCUT2D eigenvalue weighted by Crippen LogP contribution is -2.24. The van der Waals surface area contributed by atoms with Crippen molar-refractivity contribution in [2.24, 2.45) is 0 Å². The van der Waals surface area contributed by atoms with Crippen molar-refractivity contribution in [2.45, 2.75) is 20.1 Å². The maximum absolute atomic E-state index is 11.7. The molecular formula is C14H16BrN3O2. The standard InChI is InChI=1S/C14H16BrN3O2/c1-2-8-16-14(19)13-7-9-18(17-13)10-20-12-5-3-11(15)4-6-12/h3-7,9H,2,8,10H2,1H3,(H,16,19). The first-order valence-electron chi connectivity index (χ1n) is 6.39. The number of ether oxygens (including phenoxy) is 1. The van der Waals surface area contributed by atoms with Crippen LogP contribution in [0.25, 0.3) is 0 Å². The van der Waals surface area contributed by atoms with E-state index in [1.165, 1.54) is 0 Å². The molecule has 0 unspecified atom stereocenters. The average Bonchev–Trinajstić information content (AvgIpc) is 2.93. The third kappa shape index (κ3) is 4.09. The van der Waals surface area contributed by atoms with Gasteiger partial charge in [0, 0.05) is 17.2 Å². The van der Waals surface area contributed by atoms with Crippen molar-refractivity contribution >= 4 is 21.8 Å². The van der Waals surface area contributed by atoms with E-state index in [1.54, 1.807) is 16.9 Å². The Kier molecular flexibility index (Phi) is 5.17. The minimum Gasteiger partial charge on any atom is -0.471 e. The van der Waals surface area contributed by atoms with Gasteiger partial charge in [0.05, 0.1) is 0 Å². The van der Waals surface area contributed by atoms with Crippen molar-refractivity contribution in [2.75, 3.05) is 6.54 Å². The van der Waals surface area contributed by atoms with Gasteiger partial charge in [-0.3, -0.25) is 4.79 Å². The molecule has 1 aromatic carbocycles. The lowest BCUT2D eigenvalue weighted by molar-refractivity contribution is 0.0946. The Morgan fingerprint density at radius 1 is 1.35 bits per heavy atom. The van der Waals surface area contributed by atoms with E-state index in [9.17, 15) is 4.79 Å². The second kappa shape index (κ2) is 7.09. The molecule has 0 aliphatic rings. The van der Waals surface area contributed by atoms with Crippen LogP contribution < -0.4 is 10.1 Å². The smallest absolute Gasteiger partial charge is 0.271 e. The predicted molar refractivity (Wildman–Crippen MR) is 79.6 cm³/mol. The van der Waals surface area contributed by atoms with Crippen LogP contribution >= 0.6 is 15.9 Å². The van der Waals surface area contributed by atoms with Gasteiger partial charge in [-0.1, -0.05) is 22.9 Å². The van der Waals surface area contributed by atoms with Gasteiger partial charge in [-0.25, -0.2) is 4.68 Å². The van der Waals surface area contributed by atoms with Gasteiger partial charge in [-0.15, -0.1) is 0 Å². The summed E-state index contributed by atoms with van der Waals surface area (Å²) in [7, 11) is 0. The summed E-state index contributed by atoms with van der Waals surface area (Å²) in [5.74, 6) is 0.593. The largest absolute Gasteiger partial charge is 0.471 e. The number of carbonyl (C=O) groups excluding carboxylic acids is 1. The molecule has 0 aliphatic heterocycles. The van der Waals surface area contributed by atoms with Gasteiger partial charge in [-0.05, 0) is 36.8 Å². The molecule has 1 amide bonds. The molecule has 106 valence electrons. The van der Waals surface area contributed by atoms with Gasteiger partial charge < -0.3 is 10.1 Å². The second-order valence-electron chi connectivity index (χ2n) is 4.22. The molecule has 0 atom stereocenters. The van der Waals surface area contributed by atoms with E-state index in [0.717, 1.165) is 16.6 Å². The number of nitrogens with zero attached hydrogens (tertiary/aromatic N) is 2. The number of nitrogens with one attached hydrogen (secondary N) is 1. The highest BCUT2D eigenvalue weighted by Crippen LogP contribution is 2.16. The summed E-state index contributed by atoms with van der Waals surface area (Å²) in [5.41, 5.74) is 0.401. The number of carbonyl (C=O) groups is 1. The Morgan fingerprint density at radius 3 is 2.80 bits per heavy atom. The monoisotopic (exact) mass is 337 g/mol. The number of hydrogen-bond donors (Lipinski definition) is 1. The van der Waals surface area contributed by atoms with E-state index in [4.69, 9.17) is 4.74 Å². The summed E-state index contributed by atoms with van der Waals surface area (Å²) in [6.07, 6.45) is 2.62. The molecule has 1 N–H and O–H groups in total. The highest BCUT2D eigenvalue weighted by Gasteiger charge is 2.08. The molecule has 0 radical (unpaired) electrons. The van der Waals surface area contributed by atoms with Crippen LogP contribution in [0.1, 0.15) is 23.8 Å². The highest BCUT2D eigenvalue weighted by atomic mass is 79.9. The quantitative estimate of drug-likeness (QED) is 0.881. The number of amides is 1. The number of aromatic nitrogens is 2. The van der Waals surface area contributed by atoms with Crippen LogP contribution in [0.5, 0.6) is 5.75 Å². The fourth-order valence-electron chi connectivity index (χ4n) is 1.56. The zero-order valence-corrected chi connectivity index (χ0v) is 12.8. The lowest BCUT2D eigenvalue weighted by Gasteiger charge is -2.06. The van der Waals surface area contributed by atoms with Crippen molar-refractivity contribution in [3.8, 4) is 5.75 Å². The highest BCUT2D eigenvalue weighted by molar-refractivity contribution is 9.10. The molecule has 2 aromatic rings. The number of benzene rings is 1.